The van der Waals surface area contributed by atoms with E-state index in [4.69, 9.17) is 12.2 Å². The highest BCUT2D eigenvalue weighted by Crippen LogP contribution is 2.25. The maximum atomic E-state index is 12.3. The molecule has 27 heavy (non-hydrogen) atoms. The van der Waals surface area contributed by atoms with E-state index in [0.29, 0.717) is 23.8 Å². The molecule has 0 fully saturated rings. The minimum atomic E-state index is -3.53. The molecule has 146 valence electrons. The lowest BCUT2D eigenvalue weighted by Gasteiger charge is -2.16. The molecule has 0 unspecified atom stereocenters. The summed E-state index contributed by atoms with van der Waals surface area (Å²) in [5, 5.41) is 25.2. The van der Waals surface area contributed by atoms with Gasteiger partial charge in [-0.3, -0.25) is 0 Å². The van der Waals surface area contributed by atoms with Gasteiger partial charge in [0.1, 0.15) is 0 Å². The number of phenols is 2. The Hall–Kier alpha value is -2.36. The van der Waals surface area contributed by atoms with Crippen molar-refractivity contribution in [1.82, 2.24) is 9.62 Å². The quantitative estimate of drug-likeness (QED) is 0.428. The van der Waals surface area contributed by atoms with Crippen molar-refractivity contribution in [3.63, 3.8) is 0 Å². The number of hydrogen-bond donors (Lipinski definition) is 4. The number of nitrogens with zero attached hydrogens (tertiary/aromatic N) is 1. The fraction of sp³-hybridized carbons (Fsp3) is 0.278. The highest BCUT2D eigenvalue weighted by atomic mass is 32.2. The van der Waals surface area contributed by atoms with E-state index in [-0.39, 0.29) is 16.4 Å². The molecule has 9 heteroatoms. The minimum Gasteiger partial charge on any atom is -0.504 e. The standard InChI is InChI=1S/C18H23N3O4S2/c1-12-4-6-14(27(24,25)21(2)3)11-15(12)20-18(26)19-9-8-13-5-7-16(22)17(23)10-13/h4-7,10-11,22-23H,8-9H2,1-3H3,(H2,19,20,26). The molecule has 0 aliphatic carbocycles. The molecule has 0 amide bonds. The molecule has 0 saturated carbocycles. The molecule has 0 atom stereocenters. The average molecular weight is 410 g/mol. The van der Waals surface area contributed by atoms with Crippen molar-refractivity contribution >= 4 is 33.0 Å². The highest BCUT2D eigenvalue weighted by molar-refractivity contribution is 7.89. The van der Waals surface area contributed by atoms with Crippen molar-refractivity contribution in [3.05, 3.63) is 47.5 Å². The molecule has 0 aliphatic rings. The van der Waals surface area contributed by atoms with Crippen LogP contribution in [0.15, 0.2) is 41.3 Å². The second-order valence-electron chi connectivity index (χ2n) is 6.22. The Balaban J connectivity index is 2.00. The predicted octanol–water partition coefficient (Wildman–Crippen LogP) is 2.19. The molecule has 0 radical (unpaired) electrons. The van der Waals surface area contributed by atoms with Crippen molar-refractivity contribution in [2.75, 3.05) is 26.0 Å². The summed E-state index contributed by atoms with van der Waals surface area (Å²) in [7, 11) is -0.564. The lowest BCUT2D eigenvalue weighted by atomic mass is 10.1. The van der Waals surface area contributed by atoms with Gasteiger partial charge in [-0.2, -0.15) is 0 Å². The van der Waals surface area contributed by atoms with Gasteiger partial charge in [0.15, 0.2) is 16.6 Å². The monoisotopic (exact) mass is 409 g/mol. The minimum absolute atomic E-state index is 0.160. The second-order valence-corrected chi connectivity index (χ2v) is 8.78. The summed E-state index contributed by atoms with van der Waals surface area (Å²) in [5.74, 6) is -0.324. The first-order valence-electron chi connectivity index (χ1n) is 8.20. The van der Waals surface area contributed by atoms with Crippen LogP contribution in [0.3, 0.4) is 0 Å². The third-order valence-corrected chi connectivity index (χ3v) is 6.03. The summed E-state index contributed by atoms with van der Waals surface area (Å²) in [5.41, 5.74) is 2.31. The van der Waals surface area contributed by atoms with Gasteiger partial charge in [-0.05, 0) is 61.0 Å². The number of sulfonamides is 1. The van der Waals surface area contributed by atoms with Gasteiger partial charge in [0.2, 0.25) is 10.0 Å². The molecular weight excluding hydrogens is 386 g/mol. The van der Waals surface area contributed by atoms with Crippen LogP contribution in [0.25, 0.3) is 0 Å². The van der Waals surface area contributed by atoms with Gasteiger partial charge in [-0.15, -0.1) is 0 Å². The van der Waals surface area contributed by atoms with Crippen molar-refractivity contribution in [1.29, 1.82) is 0 Å². The molecule has 0 bridgehead atoms. The fourth-order valence-electron chi connectivity index (χ4n) is 2.32. The van der Waals surface area contributed by atoms with Gasteiger partial charge >= 0.3 is 0 Å². The van der Waals surface area contributed by atoms with Crippen LogP contribution in [-0.2, 0) is 16.4 Å². The molecule has 7 nitrogen and oxygen atoms in total. The van der Waals surface area contributed by atoms with Crippen molar-refractivity contribution in [3.8, 4) is 11.5 Å². The summed E-state index contributed by atoms with van der Waals surface area (Å²) in [6.07, 6.45) is 0.587. The topological polar surface area (TPSA) is 102 Å². The SMILES string of the molecule is Cc1ccc(S(=O)(=O)N(C)C)cc1NC(=S)NCCc1ccc(O)c(O)c1. The van der Waals surface area contributed by atoms with Gasteiger partial charge in [-0.25, -0.2) is 12.7 Å². The van der Waals surface area contributed by atoms with E-state index in [1.165, 1.54) is 26.2 Å². The summed E-state index contributed by atoms with van der Waals surface area (Å²) in [4.78, 5) is 0.183. The van der Waals surface area contributed by atoms with Gasteiger partial charge in [-0.1, -0.05) is 12.1 Å². The van der Waals surface area contributed by atoms with Gasteiger partial charge < -0.3 is 20.8 Å². The van der Waals surface area contributed by atoms with Crippen LogP contribution >= 0.6 is 12.2 Å². The lowest BCUT2D eigenvalue weighted by Crippen LogP contribution is -2.30. The number of anilines is 1. The molecule has 0 aromatic heterocycles. The Morgan fingerprint density at radius 2 is 1.81 bits per heavy atom. The lowest BCUT2D eigenvalue weighted by molar-refractivity contribution is 0.403. The number of phenolic OH excluding ortho intramolecular Hbond substituents is 2. The number of rotatable bonds is 6. The summed E-state index contributed by atoms with van der Waals surface area (Å²) >= 11 is 5.27. The highest BCUT2D eigenvalue weighted by Gasteiger charge is 2.18. The fourth-order valence-corrected chi connectivity index (χ4v) is 3.46. The zero-order chi connectivity index (χ0) is 20.2. The number of nitrogens with one attached hydrogen (secondary N) is 2. The zero-order valence-electron chi connectivity index (χ0n) is 15.4. The third kappa shape index (κ3) is 5.31. The number of aryl methyl sites for hydroxylation is 1. The van der Waals surface area contributed by atoms with E-state index >= 15 is 0 Å². The van der Waals surface area contributed by atoms with Gasteiger partial charge in [0.05, 0.1) is 4.90 Å². The third-order valence-electron chi connectivity index (χ3n) is 3.97. The Morgan fingerprint density at radius 1 is 1.11 bits per heavy atom. The molecule has 2 rings (SSSR count). The van der Waals surface area contributed by atoms with E-state index in [1.54, 1.807) is 24.3 Å². The number of hydrogen-bond acceptors (Lipinski definition) is 5. The summed E-state index contributed by atoms with van der Waals surface area (Å²) < 4.78 is 25.7. The molecule has 2 aromatic carbocycles. The molecule has 2 aromatic rings. The van der Waals surface area contributed by atoms with Crippen LogP contribution in [0.2, 0.25) is 0 Å². The van der Waals surface area contributed by atoms with Crippen LogP contribution in [0.4, 0.5) is 5.69 Å². The summed E-state index contributed by atoms with van der Waals surface area (Å²) in [6, 6.07) is 9.47. The first-order chi connectivity index (χ1) is 12.6. The van der Waals surface area contributed by atoms with Gasteiger partial charge in [0.25, 0.3) is 0 Å². The van der Waals surface area contributed by atoms with Crippen molar-refractivity contribution < 1.29 is 18.6 Å². The van der Waals surface area contributed by atoms with Crippen LogP contribution in [-0.4, -0.2) is 48.7 Å². The normalized spacial score (nSPS) is 11.4. The van der Waals surface area contributed by atoms with E-state index in [9.17, 15) is 18.6 Å². The summed E-state index contributed by atoms with van der Waals surface area (Å²) in [6.45, 7) is 2.36. The molecule has 0 heterocycles. The largest absolute Gasteiger partial charge is 0.504 e. The Kier molecular flexibility index (Phi) is 6.63. The molecule has 0 spiro atoms. The maximum absolute atomic E-state index is 12.3. The van der Waals surface area contributed by atoms with Crippen LogP contribution in [0.1, 0.15) is 11.1 Å². The molecule has 4 N–H and O–H groups in total. The predicted molar refractivity (Wildman–Crippen MR) is 110 cm³/mol. The van der Waals surface area contributed by atoms with Crippen LogP contribution in [0, 0.1) is 6.92 Å². The number of benzene rings is 2. The van der Waals surface area contributed by atoms with E-state index in [2.05, 4.69) is 10.6 Å². The molecule has 0 saturated heterocycles. The number of aromatic hydroxyl groups is 2. The number of thiocarbonyl (C=S) groups is 1. The second kappa shape index (κ2) is 8.55. The first kappa shape index (κ1) is 20.9. The van der Waals surface area contributed by atoms with E-state index in [1.807, 2.05) is 6.92 Å². The smallest absolute Gasteiger partial charge is 0.242 e. The van der Waals surface area contributed by atoms with Crippen molar-refractivity contribution in [2.24, 2.45) is 0 Å². The van der Waals surface area contributed by atoms with Crippen molar-refractivity contribution in [2.45, 2.75) is 18.2 Å². The molecular formula is C18H23N3O4S2. The Labute approximate surface area is 164 Å². The van der Waals surface area contributed by atoms with Gasteiger partial charge in [0, 0.05) is 26.3 Å². The van der Waals surface area contributed by atoms with E-state index in [0.717, 1.165) is 15.4 Å². The zero-order valence-corrected chi connectivity index (χ0v) is 17.0. The maximum Gasteiger partial charge on any atom is 0.242 e. The average Bonchev–Trinajstić information content (AvgIpc) is 2.59. The molecule has 0 aliphatic heterocycles. The van der Waals surface area contributed by atoms with Crippen LogP contribution < -0.4 is 10.6 Å². The Morgan fingerprint density at radius 3 is 2.44 bits per heavy atom. The Bertz CT molecular complexity index is 944. The van der Waals surface area contributed by atoms with Crippen LogP contribution in [0.5, 0.6) is 11.5 Å². The first-order valence-corrected chi connectivity index (χ1v) is 10.0. The van der Waals surface area contributed by atoms with E-state index < -0.39 is 10.0 Å².